The number of nitrogens with two attached hydrogens (primary N) is 1. The van der Waals surface area contributed by atoms with Gasteiger partial charge in [0.2, 0.25) is 0 Å². The summed E-state index contributed by atoms with van der Waals surface area (Å²) < 4.78 is 13.0. The third-order valence-corrected chi connectivity index (χ3v) is 4.23. The van der Waals surface area contributed by atoms with Crippen molar-refractivity contribution < 1.29 is 4.39 Å². The molecule has 1 aromatic rings. The molecule has 0 spiro atoms. The van der Waals surface area contributed by atoms with Gasteiger partial charge in [-0.1, -0.05) is 12.8 Å². The summed E-state index contributed by atoms with van der Waals surface area (Å²) in [6.07, 6.45) is 5.35. The molecule has 1 aromatic carbocycles. The Morgan fingerprint density at radius 1 is 1.33 bits per heavy atom. The van der Waals surface area contributed by atoms with Crippen molar-refractivity contribution in [1.82, 2.24) is 0 Å². The largest absolute Gasteiger partial charge is 0.398 e. The number of benzene rings is 1. The molecular weight excluding hydrogens is 209 g/mol. The van der Waals surface area contributed by atoms with Crippen LogP contribution in [0.1, 0.15) is 25.7 Å². The number of thioether (sulfide) groups is 1. The van der Waals surface area contributed by atoms with Crippen molar-refractivity contribution in [1.29, 1.82) is 0 Å². The Morgan fingerprint density at radius 3 is 2.80 bits per heavy atom. The minimum atomic E-state index is -0.196. The van der Waals surface area contributed by atoms with E-state index in [9.17, 15) is 4.39 Å². The standard InChI is InChI=1S/C12H16FNS/c13-10-5-6-11(14)12(7-10)15-8-9-3-1-2-4-9/h5-7,9H,1-4,8,14H2. The van der Waals surface area contributed by atoms with E-state index in [0.717, 1.165) is 16.6 Å². The lowest BCUT2D eigenvalue weighted by molar-refractivity contribution is 0.620. The van der Waals surface area contributed by atoms with Gasteiger partial charge in [0.1, 0.15) is 5.82 Å². The fraction of sp³-hybridized carbons (Fsp3) is 0.500. The Morgan fingerprint density at radius 2 is 2.07 bits per heavy atom. The third kappa shape index (κ3) is 2.88. The Balaban J connectivity index is 1.94. The quantitative estimate of drug-likeness (QED) is 0.627. The fourth-order valence-electron chi connectivity index (χ4n) is 2.02. The Kier molecular flexibility index (Phi) is 3.52. The minimum absolute atomic E-state index is 0.196. The molecule has 0 bridgehead atoms. The monoisotopic (exact) mass is 225 g/mol. The van der Waals surface area contributed by atoms with E-state index in [1.54, 1.807) is 17.8 Å². The molecule has 1 saturated carbocycles. The summed E-state index contributed by atoms with van der Waals surface area (Å²) in [5.41, 5.74) is 6.48. The average Bonchev–Trinajstić information content (AvgIpc) is 2.72. The van der Waals surface area contributed by atoms with E-state index < -0.39 is 0 Å². The summed E-state index contributed by atoms with van der Waals surface area (Å²) in [6, 6.07) is 4.59. The summed E-state index contributed by atoms with van der Waals surface area (Å²) in [6.45, 7) is 0. The van der Waals surface area contributed by atoms with Gasteiger partial charge in [0.15, 0.2) is 0 Å². The molecule has 2 N–H and O–H groups in total. The van der Waals surface area contributed by atoms with Gasteiger partial charge in [-0.25, -0.2) is 4.39 Å². The van der Waals surface area contributed by atoms with Crippen LogP contribution >= 0.6 is 11.8 Å². The zero-order valence-corrected chi connectivity index (χ0v) is 9.52. The van der Waals surface area contributed by atoms with Crippen LogP contribution in [0.2, 0.25) is 0 Å². The van der Waals surface area contributed by atoms with Crippen molar-refractivity contribution in [3.05, 3.63) is 24.0 Å². The first-order valence-electron chi connectivity index (χ1n) is 5.43. The Hall–Kier alpha value is -0.700. The zero-order valence-electron chi connectivity index (χ0n) is 8.71. The Bertz CT molecular complexity index is 334. The highest BCUT2D eigenvalue weighted by atomic mass is 32.2. The van der Waals surface area contributed by atoms with Crippen molar-refractivity contribution in [2.75, 3.05) is 11.5 Å². The van der Waals surface area contributed by atoms with E-state index in [-0.39, 0.29) is 5.82 Å². The highest BCUT2D eigenvalue weighted by Gasteiger charge is 2.15. The van der Waals surface area contributed by atoms with Crippen molar-refractivity contribution in [2.45, 2.75) is 30.6 Å². The SMILES string of the molecule is Nc1ccc(F)cc1SCC1CCCC1. The van der Waals surface area contributed by atoms with Crippen LogP contribution in [0.4, 0.5) is 10.1 Å². The third-order valence-electron chi connectivity index (χ3n) is 2.92. The van der Waals surface area contributed by atoms with Crippen LogP contribution in [0, 0.1) is 11.7 Å². The first kappa shape index (κ1) is 10.8. The predicted molar refractivity (Wildman–Crippen MR) is 63.5 cm³/mol. The first-order chi connectivity index (χ1) is 7.25. The van der Waals surface area contributed by atoms with Gasteiger partial charge in [-0.05, 0) is 37.0 Å². The van der Waals surface area contributed by atoms with Crippen molar-refractivity contribution in [2.24, 2.45) is 5.92 Å². The molecular formula is C12H16FNS. The van der Waals surface area contributed by atoms with Crippen LogP contribution in [0.25, 0.3) is 0 Å². The summed E-state index contributed by atoms with van der Waals surface area (Å²) >= 11 is 1.69. The molecule has 0 radical (unpaired) electrons. The maximum Gasteiger partial charge on any atom is 0.124 e. The average molecular weight is 225 g/mol. The maximum atomic E-state index is 13.0. The van der Waals surface area contributed by atoms with Crippen LogP contribution in [0.15, 0.2) is 23.1 Å². The van der Waals surface area contributed by atoms with Crippen molar-refractivity contribution in [3.8, 4) is 0 Å². The van der Waals surface area contributed by atoms with Crippen LogP contribution in [-0.2, 0) is 0 Å². The molecule has 1 aliphatic rings. The highest BCUT2D eigenvalue weighted by molar-refractivity contribution is 7.99. The molecule has 2 rings (SSSR count). The molecule has 0 atom stereocenters. The lowest BCUT2D eigenvalue weighted by Gasteiger charge is -2.09. The second-order valence-electron chi connectivity index (χ2n) is 4.14. The molecule has 82 valence electrons. The molecule has 1 nitrogen and oxygen atoms in total. The summed E-state index contributed by atoms with van der Waals surface area (Å²) in [5.74, 6) is 1.68. The van der Waals surface area contributed by atoms with Gasteiger partial charge in [0, 0.05) is 16.3 Å². The van der Waals surface area contributed by atoms with Gasteiger partial charge >= 0.3 is 0 Å². The number of hydrogen-bond donors (Lipinski definition) is 1. The summed E-state index contributed by atoms with van der Waals surface area (Å²) in [7, 11) is 0. The number of anilines is 1. The lowest BCUT2D eigenvalue weighted by atomic mass is 10.1. The number of hydrogen-bond acceptors (Lipinski definition) is 2. The molecule has 0 saturated heterocycles. The zero-order chi connectivity index (χ0) is 10.7. The molecule has 0 aromatic heterocycles. The molecule has 0 aliphatic heterocycles. The molecule has 0 heterocycles. The number of rotatable bonds is 3. The smallest absolute Gasteiger partial charge is 0.124 e. The number of halogens is 1. The van der Waals surface area contributed by atoms with Gasteiger partial charge < -0.3 is 5.73 Å². The van der Waals surface area contributed by atoms with Gasteiger partial charge in [-0.3, -0.25) is 0 Å². The van der Waals surface area contributed by atoms with Crippen LogP contribution in [0.3, 0.4) is 0 Å². The van der Waals surface area contributed by atoms with Gasteiger partial charge in [0.25, 0.3) is 0 Å². The lowest BCUT2D eigenvalue weighted by Crippen LogP contribution is -1.98. The summed E-state index contributed by atoms with van der Waals surface area (Å²) in [4.78, 5) is 0.891. The Labute approximate surface area is 94.2 Å². The van der Waals surface area contributed by atoms with Crippen LogP contribution < -0.4 is 5.73 Å². The van der Waals surface area contributed by atoms with E-state index in [0.29, 0.717) is 5.69 Å². The maximum absolute atomic E-state index is 13.0. The van der Waals surface area contributed by atoms with E-state index in [2.05, 4.69) is 0 Å². The van der Waals surface area contributed by atoms with Crippen LogP contribution in [-0.4, -0.2) is 5.75 Å². The molecule has 1 fully saturated rings. The number of nitrogen functional groups attached to an aromatic ring is 1. The highest BCUT2D eigenvalue weighted by Crippen LogP contribution is 2.33. The topological polar surface area (TPSA) is 26.0 Å². The molecule has 3 heteroatoms. The first-order valence-corrected chi connectivity index (χ1v) is 6.42. The predicted octanol–water partition coefficient (Wildman–Crippen LogP) is 3.69. The molecule has 0 unspecified atom stereocenters. The fourth-order valence-corrected chi connectivity index (χ4v) is 3.20. The van der Waals surface area contributed by atoms with Gasteiger partial charge in [-0.15, -0.1) is 11.8 Å². The molecule has 0 amide bonds. The van der Waals surface area contributed by atoms with Gasteiger partial charge in [0.05, 0.1) is 0 Å². The van der Waals surface area contributed by atoms with Gasteiger partial charge in [-0.2, -0.15) is 0 Å². The minimum Gasteiger partial charge on any atom is -0.398 e. The summed E-state index contributed by atoms with van der Waals surface area (Å²) in [5, 5.41) is 0. The van der Waals surface area contributed by atoms with E-state index in [4.69, 9.17) is 5.73 Å². The van der Waals surface area contributed by atoms with E-state index in [1.165, 1.54) is 37.8 Å². The normalized spacial score (nSPS) is 17.1. The molecule has 15 heavy (non-hydrogen) atoms. The van der Waals surface area contributed by atoms with Crippen molar-refractivity contribution in [3.63, 3.8) is 0 Å². The molecule has 1 aliphatic carbocycles. The van der Waals surface area contributed by atoms with Crippen LogP contribution in [0.5, 0.6) is 0 Å². The second kappa shape index (κ2) is 4.88. The second-order valence-corrected chi connectivity index (χ2v) is 5.21. The van der Waals surface area contributed by atoms with E-state index >= 15 is 0 Å². The van der Waals surface area contributed by atoms with E-state index in [1.807, 2.05) is 0 Å². The van der Waals surface area contributed by atoms with Crippen molar-refractivity contribution >= 4 is 17.4 Å².